The fourth-order valence-electron chi connectivity index (χ4n) is 5.05. The number of unbranched alkanes of at least 4 members (excludes halogenated alkanes) is 1. The van der Waals surface area contributed by atoms with E-state index in [1.54, 1.807) is 36.3 Å². The van der Waals surface area contributed by atoms with Crippen molar-refractivity contribution >= 4 is 46.1 Å². The molecule has 43 heavy (non-hydrogen) atoms. The van der Waals surface area contributed by atoms with Gasteiger partial charge in [-0.05, 0) is 48.9 Å². The Labute approximate surface area is 255 Å². The standard InChI is InChI=1S/C31H38ClFN6O4/c1-3-14-39-20-28(38(2)30(41)36-18-23-11-8-12-24(33)29(23)32)35-19-25(39)26(40)13-6-7-15-43-31(42)37-27-16-21-9-4-5-10-22(21)17-34-27/h4-5,8-12,16-17,25,28,35H,3,6-7,13-15,18-20H2,1-2H3,(H,36,41)(H,34,37,42)/t25?,28-/m0/s1. The van der Waals surface area contributed by atoms with Gasteiger partial charge in [0.1, 0.15) is 11.6 Å². The van der Waals surface area contributed by atoms with Gasteiger partial charge < -0.3 is 15.0 Å². The molecule has 1 saturated heterocycles. The lowest BCUT2D eigenvalue weighted by Gasteiger charge is -2.42. The summed E-state index contributed by atoms with van der Waals surface area (Å²) in [6.07, 6.45) is 3.17. The molecular weight excluding hydrogens is 575 g/mol. The van der Waals surface area contributed by atoms with E-state index >= 15 is 0 Å². The van der Waals surface area contributed by atoms with Gasteiger partial charge in [0.2, 0.25) is 0 Å². The van der Waals surface area contributed by atoms with Gasteiger partial charge in [0.25, 0.3) is 0 Å². The molecule has 3 N–H and O–H groups in total. The van der Waals surface area contributed by atoms with E-state index in [1.165, 1.54) is 6.07 Å². The molecule has 230 valence electrons. The monoisotopic (exact) mass is 612 g/mol. The molecule has 2 atom stereocenters. The minimum Gasteiger partial charge on any atom is -0.449 e. The molecule has 1 aromatic heterocycles. The highest BCUT2D eigenvalue weighted by molar-refractivity contribution is 6.31. The first-order valence-corrected chi connectivity index (χ1v) is 14.9. The Kier molecular flexibility index (Phi) is 11.7. The molecule has 2 heterocycles. The van der Waals surface area contributed by atoms with Crippen molar-refractivity contribution in [2.24, 2.45) is 0 Å². The first-order chi connectivity index (χ1) is 20.8. The molecule has 0 radical (unpaired) electrons. The average molecular weight is 613 g/mol. The van der Waals surface area contributed by atoms with Crippen molar-refractivity contribution in [2.45, 2.75) is 51.4 Å². The number of amides is 3. The second-order valence-corrected chi connectivity index (χ2v) is 10.9. The van der Waals surface area contributed by atoms with Gasteiger partial charge in [-0.3, -0.25) is 20.3 Å². The first kappa shape index (κ1) is 32.1. The number of nitrogens with zero attached hydrogens (tertiary/aromatic N) is 3. The molecule has 0 saturated carbocycles. The number of aromatic nitrogens is 1. The molecule has 1 aliphatic rings. The summed E-state index contributed by atoms with van der Waals surface area (Å²) in [5, 5.41) is 10.7. The molecule has 1 aliphatic heterocycles. The van der Waals surface area contributed by atoms with E-state index in [9.17, 15) is 18.8 Å². The Morgan fingerprint density at radius 3 is 2.74 bits per heavy atom. The average Bonchev–Trinajstić information content (AvgIpc) is 3.01. The van der Waals surface area contributed by atoms with Crippen molar-refractivity contribution in [1.82, 2.24) is 25.4 Å². The third-order valence-corrected chi connectivity index (χ3v) is 7.86. The number of hydrogen-bond donors (Lipinski definition) is 3. The van der Waals surface area contributed by atoms with Crippen LogP contribution in [0.4, 0.5) is 19.8 Å². The Hall–Kier alpha value is -3.80. The number of carbonyl (C=O) groups is 3. The molecule has 0 aliphatic carbocycles. The maximum Gasteiger partial charge on any atom is 0.412 e. The number of pyridine rings is 1. The summed E-state index contributed by atoms with van der Waals surface area (Å²) in [7, 11) is 1.68. The molecule has 3 aromatic rings. The summed E-state index contributed by atoms with van der Waals surface area (Å²) < 4.78 is 19.0. The third kappa shape index (κ3) is 8.85. The van der Waals surface area contributed by atoms with Crippen molar-refractivity contribution in [3.05, 3.63) is 71.1 Å². The minimum absolute atomic E-state index is 0.00939. The Morgan fingerprint density at radius 2 is 1.95 bits per heavy atom. The van der Waals surface area contributed by atoms with Crippen LogP contribution in [0.1, 0.15) is 38.2 Å². The maximum absolute atomic E-state index is 13.7. The summed E-state index contributed by atoms with van der Waals surface area (Å²) >= 11 is 6.00. The summed E-state index contributed by atoms with van der Waals surface area (Å²) in [6, 6.07) is 13.4. The lowest BCUT2D eigenvalue weighted by Crippen LogP contribution is -2.65. The van der Waals surface area contributed by atoms with Crippen LogP contribution >= 0.6 is 11.6 Å². The van der Waals surface area contributed by atoms with E-state index < -0.39 is 11.9 Å². The predicted molar refractivity (Wildman–Crippen MR) is 164 cm³/mol. The van der Waals surface area contributed by atoms with Gasteiger partial charge in [-0.25, -0.2) is 19.0 Å². The van der Waals surface area contributed by atoms with E-state index in [4.69, 9.17) is 16.3 Å². The van der Waals surface area contributed by atoms with Gasteiger partial charge in [-0.1, -0.05) is 54.9 Å². The van der Waals surface area contributed by atoms with Gasteiger partial charge in [0.05, 0.1) is 23.8 Å². The first-order valence-electron chi connectivity index (χ1n) is 14.5. The van der Waals surface area contributed by atoms with E-state index in [2.05, 4.69) is 25.8 Å². The summed E-state index contributed by atoms with van der Waals surface area (Å²) in [6.45, 7) is 3.95. The van der Waals surface area contributed by atoms with Crippen LogP contribution in [0.5, 0.6) is 0 Å². The molecule has 10 nitrogen and oxygen atoms in total. The molecule has 0 spiro atoms. The number of nitrogens with one attached hydrogen (secondary N) is 3. The Morgan fingerprint density at radius 1 is 1.16 bits per heavy atom. The van der Waals surface area contributed by atoms with Crippen LogP contribution < -0.4 is 16.0 Å². The summed E-state index contributed by atoms with van der Waals surface area (Å²) in [5.41, 5.74) is 0.492. The van der Waals surface area contributed by atoms with E-state index in [0.29, 0.717) is 43.7 Å². The second-order valence-electron chi connectivity index (χ2n) is 10.5. The quantitative estimate of drug-likeness (QED) is 0.242. The van der Waals surface area contributed by atoms with Crippen LogP contribution in [0.2, 0.25) is 5.02 Å². The van der Waals surface area contributed by atoms with E-state index in [1.807, 2.05) is 31.2 Å². The van der Waals surface area contributed by atoms with Crippen LogP contribution in [0.25, 0.3) is 10.8 Å². The molecule has 2 aromatic carbocycles. The number of Topliss-reactive ketones (excluding diaryl/α,β-unsaturated/α-hetero) is 1. The molecule has 0 bridgehead atoms. The van der Waals surface area contributed by atoms with Crippen LogP contribution in [-0.4, -0.2) is 78.2 Å². The second kappa shape index (κ2) is 15.6. The van der Waals surface area contributed by atoms with Crippen LogP contribution in [-0.2, 0) is 16.1 Å². The maximum atomic E-state index is 13.7. The highest BCUT2D eigenvalue weighted by atomic mass is 35.5. The zero-order chi connectivity index (χ0) is 30.8. The highest BCUT2D eigenvalue weighted by Crippen LogP contribution is 2.20. The number of likely N-dealkylation sites (N-methyl/N-ethyl adjacent to an activating group) is 1. The fourth-order valence-corrected chi connectivity index (χ4v) is 5.24. The van der Waals surface area contributed by atoms with Crippen molar-refractivity contribution in [1.29, 1.82) is 0 Å². The Bertz CT molecular complexity index is 1430. The SMILES string of the molecule is CCCN1C[C@H](N(C)C(=O)NCc2cccc(F)c2Cl)NCC1C(=O)CCCCOC(=O)Nc1cc2ccccc2cn1. The number of benzene rings is 2. The predicted octanol–water partition coefficient (Wildman–Crippen LogP) is 5.17. The van der Waals surface area contributed by atoms with Crippen LogP contribution in [0.15, 0.2) is 54.7 Å². The van der Waals surface area contributed by atoms with Crippen LogP contribution in [0.3, 0.4) is 0 Å². The molecule has 12 heteroatoms. The lowest BCUT2D eigenvalue weighted by atomic mass is 10.0. The van der Waals surface area contributed by atoms with Crippen molar-refractivity contribution in [3.8, 4) is 0 Å². The zero-order valence-corrected chi connectivity index (χ0v) is 25.2. The number of hydrogen-bond acceptors (Lipinski definition) is 7. The minimum atomic E-state index is -0.585. The largest absolute Gasteiger partial charge is 0.449 e. The van der Waals surface area contributed by atoms with Gasteiger partial charge in [-0.2, -0.15) is 0 Å². The van der Waals surface area contributed by atoms with Gasteiger partial charge >= 0.3 is 12.1 Å². The zero-order valence-electron chi connectivity index (χ0n) is 24.4. The van der Waals surface area contributed by atoms with Crippen molar-refractivity contribution in [2.75, 3.05) is 38.6 Å². The van der Waals surface area contributed by atoms with E-state index in [-0.39, 0.29) is 42.2 Å². The van der Waals surface area contributed by atoms with Crippen LogP contribution in [0, 0.1) is 5.82 Å². The number of rotatable bonds is 12. The van der Waals surface area contributed by atoms with Crippen molar-refractivity contribution in [3.63, 3.8) is 0 Å². The van der Waals surface area contributed by atoms with Gasteiger partial charge in [0, 0.05) is 44.7 Å². The number of piperazine rings is 1. The summed E-state index contributed by atoms with van der Waals surface area (Å²) in [4.78, 5) is 46.0. The Balaban J connectivity index is 1.18. The molecule has 1 fully saturated rings. The van der Waals surface area contributed by atoms with Crippen molar-refractivity contribution < 1.29 is 23.5 Å². The number of carbonyl (C=O) groups excluding carboxylic acids is 3. The number of ketones is 1. The number of fused-ring (bicyclic) bond motifs is 1. The summed E-state index contributed by atoms with van der Waals surface area (Å²) in [5.74, 6) is -0.0108. The molecule has 4 rings (SSSR count). The lowest BCUT2D eigenvalue weighted by molar-refractivity contribution is -0.126. The van der Waals surface area contributed by atoms with Gasteiger partial charge in [0.15, 0.2) is 5.78 Å². The molecule has 3 amide bonds. The number of halogens is 2. The number of urea groups is 1. The number of anilines is 1. The third-order valence-electron chi connectivity index (χ3n) is 7.44. The molecule has 1 unspecified atom stereocenters. The van der Waals surface area contributed by atoms with E-state index in [0.717, 1.165) is 23.7 Å². The topological polar surface area (TPSA) is 116 Å². The normalized spacial score (nSPS) is 16.9. The molecular formula is C31H38ClFN6O4. The smallest absolute Gasteiger partial charge is 0.412 e. The number of ether oxygens (including phenoxy) is 1. The van der Waals surface area contributed by atoms with Gasteiger partial charge in [-0.15, -0.1) is 0 Å². The highest BCUT2D eigenvalue weighted by Gasteiger charge is 2.34. The fraction of sp³-hybridized carbons (Fsp3) is 0.419.